The van der Waals surface area contributed by atoms with Gasteiger partial charge in [0.15, 0.2) is 0 Å². The minimum atomic E-state index is 0.465. The third-order valence-electron chi connectivity index (χ3n) is 8.04. The molecule has 210 valence electrons. The van der Waals surface area contributed by atoms with Crippen molar-refractivity contribution in [1.82, 2.24) is 0 Å². The Bertz CT molecular complexity index is 551. The Morgan fingerprint density at radius 2 is 0.667 bits per heavy atom. The fourth-order valence-corrected chi connectivity index (χ4v) is 5.53. The molecule has 0 heterocycles. The molecule has 1 aromatic carbocycles. The molecule has 0 bridgehead atoms. The van der Waals surface area contributed by atoms with Crippen molar-refractivity contribution in [3.05, 3.63) is 29.8 Å². The third-order valence-corrected chi connectivity index (χ3v) is 8.04. The molecule has 1 nitrogen and oxygen atoms in total. The molecule has 0 saturated heterocycles. The molecule has 0 atom stereocenters. The van der Waals surface area contributed by atoms with Crippen LogP contribution in [-0.2, 0) is 6.42 Å². The van der Waals surface area contributed by atoms with Crippen LogP contribution in [0.2, 0.25) is 0 Å². The lowest BCUT2D eigenvalue weighted by atomic mass is 10.0. The molecule has 0 saturated carbocycles. The van der Waals surface area contributed by atoms with E-state index in [0.29, 0.717) is 5.75 Å². The van der Waals surface area contributed by atoms with Gasteiger partial charge in [-0.3, -0.25) is 0 Å². The topological polar surface area (TPSA) is 20.2 Å². The largest absolute Gasteiger partial charge is 0.508 e. The summed E-state index contributed by atoms with van der Waals surface area (Å²) in [7, 11) is 0. The summed E-state index contributed by atoms with van der Waals surface area (Å²) in [6.45, 7) is 2.30. The summed E-state index contributed by atoms with van der Waals surface area (Å²) < 4.78 is 0. The summed E-state index contributed by atoms with van der Waals surface area (Å²) in [4.78, 5) is 0. The maximum absolute atomic E-state index is 9.81. The van der Waals surface area contributed by atoms with Gasteiger partial charge >= 0.3 is 0 Å². The van der Waals surface area contributed by atoms with Crippen LogP contribution < -0.4 is 0 Å². The van der Waals surface area contributed by atoms with Crippen LogP contribution in [0.1, 0.15) is 186 Å². The first-order valence-electron chi connectivity index (χ1n) is 16.6. The summed E-state index contributed by atoms with van der Waals surface area (Å²) >= 11 is 0. The van der Waals surface area contributed by atoms with Gasteiger partial charge in [0.05, 0.1) is 0 Å². The second-order valence-corrected chi connectivity index (χ2v) is 11.6. The molecule has 1 rings (SSSR count). The molecule has 1 N–H and O–H groups in total. The van der Waals surface area contributed by atoms with Gasteiger partial charge in [0.1, 0.15) is 5.75 Å². The number of phenolic OH excluding ortho intramolecular Hbond substituents is 1. The first kappa shape index (κ1) is 33.0. The highest BCUT2D eigenvalue weighted by molar-refractivity contribution is 5.31. The standard InChI is InChI=1S/C35H64O/c1-2-3-4-5-6-7-8-9-10-11-12-13-14-15-16-17-18-19-20-21-22-23-24-25-26-27-28-31-34-32-29-30-33-35(34)36/h29-30,32-33,36H,2-28,31H2,1H3. The molecule has 0 amide bonds. The Hall–Kier alpha value is -0.980. The van der Waals surface area contributed by atoms with Crippen molar-refractivity contribution in [2.45, 2.75) is 187 Å². The van der Waals surface area contributed by atoms with Gasteiger partial charge in [-0.25, -0.2) is 0 Å². The molecular weight excluding hydrogens is 436 g/mol. The molecule has 0 aromatic heterocycles. The third kappa shape index (κ3) is 22.2. The van der Waals surface area contributed by atoms with Gasteiger partial charge in [0.25, 0.3) is 0 Å². The molecule has 1 aromatic rings. The number of para-hydroxylation sites is 1. The molecule has 0 spiro atoms. The van der Waals surface area contributed by atoms with Crippen LogP contribution in [0.5, 0.6) is 5.75 Å². The molecule has 36 heavy (non-hydrogen) atoms. The maximum Gasteiger partial charge on any atom is 0.118 e. The minimum Gasteiger partial charge on any atom is -0.508 e. The number of rotatable bonds is 28. The summed E-state index contributed by atoms with van der Waals surface area (Å²) in [5, 5.41) is 9.81. The second kappa shape index (κ2) is 27.1. The molecule has 0 radical (unpaired) electrons. The predicted octanol–water partition coefficient (Wildman–Crippen LogP) is 12.5. The van der Waals surface area contributed by atoms with Crippen LogP contribution in [-0.4, -0.2) is 5.11 Å². The molecular formula is C35H64O. The second-order valence-electron chi connectivity index (χ2n) is 11.6. The smallest absolute Gasteiger partial charge is 0.118 e. The van der Waals surface area contributed by atoms with Crippen molar-refractivity contribution < 1.29 is 5.11 Å². The minimum absolute atomic E-state index is 0.465. The Morgan fingerprint density at radius 1 is 0.389 bits per heavy atom. The number of hydrogen-bond acceptors (Lipinski definition) is 1. The van der Waals surface area contributed by atoms with Gasteiger partial charge in [0, 0.05) is 0 Å². The van der Waals surface area contributed by atoms with E-state index in [4.69, 9.17) is 0 Å². The van der Waals surface area contributed by atoms with E-state index >= 15 is 0 Å². The number of hydrogen-bond donors (Lipinski definition) is 1. The Morgan fingerprint density at radius 3 is 0.972 bits per heavy atom. The van der Waals surface area contributed by atoms with Crippen LogP contribution in [0.15, 0.2) is 24.3 Å². The van der Waals surface area contributed by atoms with Crippen molar-refractivity contribution in [3.8, 4) is 5.75 Å². The van der Waals surface area contributed by atoms with E-state index in [2.05, 4.69) is 13.0 Å². The lowest BCUT2D eigenvalue weighted by Gasteiger charge is -2.05. The average molecular weight is 501 g/mol. The van der Waals surface area contributed by atoms with Gasteiger partial charge in [0.2, 0.25) is 0 Å². The molecule has 0 unspecified atom stereocenters. The highest BCUT2D eigenvalue weighted by Gasteiger charge is 2.00. The lowest BCUT2D eigenvalue weighted by molar-refractivity contribution is 0.465. The lowest BCUT2D eigenvalue weighted by Crippen LogP contribution is -1.87. The Kier molecular flexibility index (Phi) is 24.8. The highest BCUT2D eigenvalue weighted by atomic mass is 16.3. The van der Waals surface area contributed by atoms with Gasteiger partial charge in [-0.1, -0.05) is 192 Å². The van der Waals surface area contributed by atoms with Crippen LogP contribution in [0.25, 0.3) is 0 Å². The first-order valence-corrected chi connectivity index (χ1v) is 16.6. The van der Waals surface area contributed by atoms with E-state index in [0.717, 1.165) is 12.0 Å². The number of unbranched alkanes of at least 4 members (excludes halogenated alkanes) is 26. The van der Waals surface area contributed by atoms with Crippen LogP contribution in [0.3, 0.4) is 0 Å². The van der Waals surface area contributed by atoms with E-state index < -0.39 is 0 Å². The fraction of sp³-hybridized carbons (Fsp3) is 0.829. The number of phenols is 1. The van der Waals surface area contributed by atoms with E-state index in [1.54, 1.807) is 6.07 Å². The maximum atomic E-state index is 9.81. The zero-order chi connectivity index (χ0) is 25.8. The van der Waals surface area contributed by atoms with Crippen LogP contribution in [0.4, 0.5) is 0 Å². The average Bonchev–Trinajstić information content (AvgIpc) is 2.89. The number of aromatic hydroxyl groups is 1. The molecule has 0 aliphatic carbocycles. The van der Waals surface area contributed by atoms with Crippen molar-refractivity contribution >= 4 is 0 Å². The van der Waals surface area contributed by atoms with Gasteiger partial charge in [-0.2, -0.15) is 0 Å². The number of aryl methyl sites for hydroxylation is 1. The summed E-state index contributed by atoms with van der Waals surface area (Å²) in [6.07, 6.45) is 39.9. The van der Waals surface area contributed by atoms with E-state index in [1.807, 2.05) is 12.1 Å². The van der Waals surface area contributed by atoms with Crippen molar-refractivity contribution in [2.75, 3.05) is 0 Å². The number of benzene rings is 1. The monoisotopic (exact) mass is 500 g/mol. The van der Waals surface area contributed by atoms with Crippen molar-refractivity contribution in [2.24, 2.45) is 0 Å². The fourth-order valence-electron chi connectivity index (χ4n) is 5.53. The summed E-state index contributed by atoms with van der Waals surface area (Å²) in [6, 6.07) is 7.78. The molecule has 0 aliphatic heterocycles. The van der Waals surface area contributed by atoms with Gasteiger partial charge < -0.3 is 5.11 Å². The van der Waals surface area contributed by atoms with E-state index in [1.165, 1.54) is 173 Å². The zero-order valence-corrected chi connectivity index (χ0v) is 24.6. The zero-order valence-electron chi connectivity index (χ0n) is 24.6. The predicted molar refractivity (Wildman–Crippen MR) is 162 cm³/mol. The van der Waals surface area contributed by atoms with Crippen LogP contribution in [0, 0.1) is 0 Å². The van der Waals surface area contributed by atoms with Gasteiger partial charge in [-0.05, 0) is 24.5 Å². The quantitative estimate of drug-likeness (QED) is 0.113. The molecule has 1 heteroatoms. The van der Waals surface area contributed by atoms with E-state index in [9.17, 15) is 5.11 Å². The molecule has 0 fully saturated rings. The molecule has 0 aliphatic rings. The van der Waals surface area contributed by atoms with Crippen LogP contribution >= 0.6 is 0 Å². The highest BCUT2D eigenvalue weighted by Crippen LogP contribution is 2.19. The Balaban J connectivity index is 1.66. The first-order chi connectivity index (χ1) is 17.8. The SMILES string of the molecule is CCCCCCCCCCCCCCCCCCCCCCCCCCCCCc1ccccc1O. The van der Waals surface area contributed by atoms with Gasteiger partial charge in [-0.15, -0.1) is 0 Å². The summed E-state index contributed by atoms with van der Waals surface area (Å²) in [5.74, 6) is 0.465. The normalized spacial score (nSPS) is 11.4. The summed E-state index contributed by atoms with van der Waals surface area (Å²) in [5.41, 5.74) is 1.11. The van der Waals surface area contributed by atoms with Crippen molar-refractivity contribution in [3.63, 3.8) is 0 Å². The van der Waals surface area contributed by atoms with E-state index in [-0.39, 0.29) is 0 Å². The van der Waals surface area contributed by atoms with Crippen molar-refractivity contribution in [1.29, 1.82) is 0 Å². The Labute approximate surface area is 227 Å².